The molecule has 2 aliphatic carbocycles. The molecule has 166 valence electrons. The van der Waals surface area contributed by atoms with Crippen molar-refractivity contribution in [3.63, 3.8) is 0 Å². The van der Waals surface area contributed by atoms with Gasteiger partial charge in [-0.3, -0.25) is 35.3 Å². The molecule has 0 radical (unpaired) electrons. The van der Waals surface area contributed by atoms with Crippen LogP contribution in [0.25, 0.3) is 11.1 Å². The van der Waals surface area contributed by atoms with Gasteiger partial charge in [-0.25, -0.2) is 0 Å². The number of hydrogen-bond acceptors (Lipinski definition) is 9. The minimum absolute atomic E-state index is 0.0129. The summed E-state index contributed by atoms with van der Waals surface area (Å²) >= 11 is 0. The van der Waals surface area contributed by atoms with Gasteiger partial charge in [0, 0.05) is 29.3 Å². The Morgan fingerprint density at radius 3 is 2.15 bits per heavy atom. The fourth-order valence-electron chi connectivity index (χ4n) is 3.76. The Bertz CT molecular complexity index is 1510. The molecule has 33 heavy (non-hydrogen) atoms. The zero-order valence-corrected chi connectivity index (χ0v) is 17.5. The fourth-order valence-corrected chi connectivity index (χ4v) is 4.37. The van der Waals surface area contributed by atoms with Crippen LogP contribution in [0.4, 0.5) is 17.1 Å². The maximum Gasteiger partial charge on any atom is 0.284 e. The number of hydrogen-bond donors (Lipinski definition) is 0. The highest BCUT2D eigenvalue weighted by Crippen LogP contribution is 2.46. The molecule has 0 fully saturated rings. The Balaban J connectivity index is 2.08. The molecule has 0 aromatic heterocycles. The van der Waals surface area contributed by atoms with Gasteiger partial charge in [0.2, 0.25) is 10.3 Å². The number of fused-ring (bicyclic) bond motifs is 3. The van der Waals surface area contributed by atoms with E-state index in [1.165, 1.54) is 18.2 Å². The highest BCUT2D eigenvalue weighted by molar-refractivity contribution is 7.73. The fraction of sp³-hybridized carbons (Fsp3) is 0.100. The van der Waals surface area contributed by atoms with Crippen molar-refractivity contribution in [2.24, 2.45) is 4.99 Å². The molecule has 0 spiro atoms. The van der Waals surface area contributed by atoms with Gasteiger partial charge in [-0.05, 0) is 30.2 Å². The summed E-state index contributed by atoms with van der Waals surface area (Å²) in [5, 5.41) is 34.5. The zero-order chi connectivity index (χ0) is 24.0. The Kier molecular flexibility index (Phi) is 5.18. The van der Waals surface area contributed by atoms with E-state index in [-0.39, 0.29) is 38.5 Å². The number of nitro benzene ring substituents is 3. The van der Waals surface area contributed by atoms with Gasteiger partial charge in [-0.15, -0.1) is 0 Å². The molecule has 0 bridgehead atoms. The first kappa shape index (κ1) is 21.7. The molecule has 0 heterocycles. The summed E-state index contributed by atoms with van der Waals surface area (Å²) in [4.78, 5) is 36.6. The average molecular weight is 468 g/mol. The summed E-state index contributed by atoms with van der Waals surface area (Å²) in [6.07, 6.45) is 4.53. The first-order chi connectivity index (χ1) is 15.6. The first-order valence-electron chi connectivity index (χ1n) is 9.25. The smallest absolute Gasteiger partial charge is 0.271 e. The van der Waals surface area contributed by atoms with Gasteiger partial charge in [0.05, 0.1) is 32.1 Å². The van der Waals surface area contributed by atoms with Gasteiger partial charge in [0.15, 0.2) is 0 Å². The van der Waals surface area contributed by atoms with Crippen LogP contribution in [0.15, 0.2) is 59.1 Å². The van der Waals surface area contributed by atoms with Gasteiger partial charge in [-0.2, -0.15) is 8.42 Å². The monoisotopic (exact) mass is 468 g/mol. The minimum atomic E-state index is -2.65. The molecule has 2 aromatic carbocycles. The van der Waals surface area contributed by atoms with E-state index in [9.17, 15) is 38.8 Å². The lowest BCUT2D eigenvalue weighted by Gasteiger charge is -2.13. The normalized spacial score (nSPS) is 17.4. The van der Waals surface area contributed by atoms with E-state index in [2.05, 4.69) is 4.99 Å². The molecule has 0 N–H and O–H groups in total. The summed E-state index contributed by atoms with van der Waals surface area (Å²) in [6, 6.07) is 4.50. The van der Waals surface area contributed by atoms with Gasteiger partial charge in [-0.1, -0.05) is 12.2 Å². The summed E-state index contributed by atoms with van der Waals surface area (Å²) in [6.45, 7) is 1.68. The number of rotatable bonds is 4. The maximum atomic E-state index is 11.8. The van der Waals surface area contributed by atoms with Crippen LogP contribution in [-0.2, 0) is 10.3 Å². The SMILES string of the molecule is CC1=CC(=S(=O)=O)C(N=C2c3cc([N+](=O)[O-])ccc3-c3c2cc([N+](=O)[O-])cc3[N+](=O)[O-])C=C1. The van der Waals surface area contributed by atoms with Gasteiger partial charge >= 0.3 is 0 Å². The van der Waals surface area contributed by atoms with E-state index in [1.807, 2.05) is 0 Å². The molecular formula is C20H12N4O8S. The second-order valence-electron chi connectivity index (χ2n) is 7.20. The molecule has 0 amide bonds. The number of benzene rings is 2. The van der Waals surface area contributed by atoms with Crippen molar-refractivity contribution in [1.29, 1.82) is 0 Å². The predicted octanol–water partition coefficient (Wildman–Crippen LogP) is 3.17. The van der Waals surface area contributed by atoms with Crippen molar-refractivity contribution in [3.8, 4) is 11.1 Å². The van der Waals surface area contributed by atoms with E-state index in [0.717, 1.165) is 24.3 Å². The Hall–Kier alpha value is -4.52. The van der Waals surface area contributed by atoms with Crippen molar-refractivity contribution in [1.82, 2.24) is 0 Å². The highest BCUT2D eigenvalue weighted by atomic mass is 32.2. The summed E-state index contributed by atoms with van der Waals surface area (Å²) < 4.78 is 23.5. The van der Waals surface area contributed by atoms with Crippen LogP contribution in [-0.4, -0.2) is 39.8 Å². The summed E-state index contributed by atoms with van der Waals surface area (Å²) in [7, 11) is -2.65. The molecule has 1 atom stereocenters. The second kappa shape index (κ2) is 7.87. The van der Waals surface area contributed by atoms with Crippen LogP contribution in [0.1, 0.15) is 18.1 Å². The number of nitrogens with zero attached hydrogens (tertiary/aromatic N) is 4. The molecular weight excluding hydrogens is 456 g/mol. The lowest BCUT2D eigenvalue weighted by Crippen LogP contribution is -2.20. The Labute approximate surface area is 186 Å². The second-order valence-corrected chi connectivity index (χ2v) is 8.14. The lowest BCUT2D eigenvalue weighted by molar-refractivity contribution is -0.393. The van der Waals surface area contributed by atoms with Gasteiger partial charge in [0.25, 0.3) is 17.1 Å². The largest absolute Gasteiger partial charge is 0.284 e. The number of allylic oxidation sites excluding steroid dienone is 2. The Morgan fingerprint density at radius 1 is 0.879 bits per heavy atom. The van der Waals surface area contributed by atoms with Gasteiger partial charge < -0.3 is 0 Å². The van der Waals surface area contributed by atoms with Crippen LogP contribution in [0, 0.1) is 30.3 Å². The van der Waals surface area contributed by atoms with E-state index in [1.54, 1.807) is 13.0 Å². The quantitative estimate of drug-likeness (QED) is 0.318. The average Bonchev–Trinajstić information content (AvgIpc) is 3.06. The topological polar surface area (TPSA) is 176 Å². The third kappa shape index (κ3) is 3.70. The standard InChI is InChI=1S/C20H12N4O8S/c1-10-2-5-16(18(6-10)33(31)32)21-20-14-7-11(22(25)26)3-4-13(14)19-15(20)8-12(23(27)28)9-17(19)24(29)30/h2-9,16H,1H3. The first-order valence-corrected chi connectivity index (χ1v) is 10.3. The van der Waals surface area contributed by atoms with Gasteiger partial charge in [0.1, 0.15) is 10.9 Å². The van der Waals surface area contributed by atoms with Crippen LogP contribution < -0.4 is 0 Å². The molecule has 4 rings (SSSR count). The molecule has 1 unspecified atom stereocenters. The summed E-state index contributed by atoms with van der Waals surface area (Å²) in [5.74, 6) is 0. The van der Waals surface area contributed by atoms with Crippen molar-refractivity contribution in [2.45, 2.75) is 13.0 Å². The molecule has 2 aromatic rings. The molecule has 2 aliphatic rings. The summed E-state index contributed by atoms with van der Waals surface area (Å²) in [5.41, 5.74) is -0.412. The van der Waals surface area contributed by atoms with Crippen molar-refractivity contribution in [2.75, 3.05) is 0 Å². The van der Waals surface area contributed by atoms with Crippen LogP contribution >= 0.6 is 0 Å². The zero-order valence-electron chi connectivity index (χ0n) is 16.7. The number of non-ortho nitro benzene ring substituents is 2. The predicted molar refractivity (Wildman–Crippen MR) is 118 cm³/mol. The van der Waals surface area contributed by atoms with E-state index < -0.39 is 42.5 Å². The molecule has 0 aliphatic heterocycles. The number of aliphatic imine (C=N–C) groups is 1. The Morgan fingerprint density at radius 2 is 1.55 bits per heavy atom. The molecule has 12 nitrogen and oxygen atoms in total. The molecule has 0 saturated heterocycles. The molecule has 0 saturated carbocycles. The number of nitro groups is 3. The lowest BCUT2D eigenvalue weighted by atomic mass is 10.0. The van der Waals surface area contributed by atoms with E-state index in [4.69, 9.17) is 0 Å². The molecule has 13 heteroatoms. The maximum absolute atomic E-state index is 11.8. The van der Waals surface area contributed by atoms with Crippen molar-refractivity contribution >= 4 is 37.9 Å². The highest BCUT2D eigenvalue weighted by Gasteiger charge is 2.36. The third-order valence-corrected chi connectivity index (χ3v) is 5.91. The third-order valence-electron chi connectivity index (χ3n) is 5.17. The van der Waals surface area contributed by atoms with Crippen LogP contribution in [0.2, 0.25) is 0 Å². The van der Waals surface area contributed by atoms with Crippen LogP contribution in [0.5, 0.6) is 0 Å². The van der Waals surface area contributed by atoms with Crippen LogP contribution in [0.3, 0.4) is 0 Å². The van der Waals surface area contributed by atoms with E-state index in [0.29, 0.717) is 5.57 Å². The van der Waals surface area contributed by atoms with Crippen molar-refractivity contribution < 1.29 is 23.2 Å². The minimum Gasteiger partial charge on any atom is -0.271 e. The van der Waals surface area contributed by atoms with Crippen molar-refractivity contribution in [3.05, 3.63) is 95.6 Å². The van der Waals surface area contributed by atoms with E-state index >= 15 is 0 Å².